The van der Waals surface area contributed by atoms with E-state index in [9.17, 15) is 14.9 Å². The molecule has 4 aromatic heterocycles. The van der Waals surface area contributed by atoms with E-state index in [1.165, 1.54) is 0 Å². The van der Waals surface area contributed by atoms with Gasteiger partial charge in [-0.05, 0) is 87.1 Å². The van der Waals surface area contributed by atoms with Crippen molar-refractivity contribution >= 4 is 46.1 Å². The van der Waals surface area contributed by atoms with Crippen LogP contribution in [0.3, 0.4) is 0 Å². The van der Waals surface area contributed by atoms with Gasteiger partial charge in [0.2, 0.25) is 11.8 Å². The standard InChI is InChI=1S/C42H48N12O3S/c43-21-28-19-35-33(9-16-52(35)47-22-28)39-38(34(6-13-45-39)49-30-10-17-57-18-11-30)41-54(48-26-58-41)53-31-5-12-42(53,25-44-24-31)20-27-7-14-51(15-8-27)36-3-1-29(23-46-36)32-2-4-37(55)50-40(32)56/h1,3,6,9,13,16,19,22-23,26-27,30-32,41,44H,2,4-5,7-8,10-12,14-15,17-18,20,24-25H2,(H,45,49)(H,50,55,56)/t31?,32-,41?,42?/m0/s1. The van der Waals surface area contributed by atoms with Gasteiger partial charge in [0.15, 0.2) is 0 Å². The molecular weight excluding hydrogens is 753 g/mol. The Labute approximate surface area is 341 Å². The van der Waals surface area contributed by atoms with E-state index in [1.54, 1.807) is 18.0 Å². The number of hydrogen-bond donors (Lipinski definition) is 3. The highest BCUT2D eigenvalue weighted by Gasteiger charge is 2.55. The van der Waals surface area contributed by atoms with Gasteiger partial charge in [-0.15, -0.1) is 0 Å². The van der Waals surface area contributed by atoms with Gasteiger partial charge in [0, 0.05) is 93.3 Å². The van der Waals surface area contributed by atoms with E-state index in [0.29, 0.717) is 30.4 Å². The van der Waals surface area contributed by atoms with Crippen molar-refractivity contribution in [1.82, 2.24) is 40.3 Å². The molecule has 5 saturated heterocycles. The number of anilines is 2. The molecule has 3 unspecified atom stereocenters. The molecule has 16 heteroatoms. The molecule has 5 fully saturated rings. The predicted molar refractivity (Wildman–Crippen MR) is 221 cm³/mol. The second kappa shape index (κ2) is 15.6. The van der Waals surface area contributed by atoms with Gasteiger partial charge in [-0.3, -0.25) is 19.9 Å². The zero-order valence-electron chi connectivity index (χ0n) is 32.4. The van der Waals surface area contributed by atoms with Crippen LogP contribution >= 0.6 is 11.8 Å². The lowest BCUT2D eigenvalue weighted by Gasteiger charge is -2.51. The summed E-state index contributed by atoms with van der Waals surface area (Å²) in [7, 11) is 0. The third-order valence-electron chi connectivity index (χ3n) is 13.1. The van der Waals surface area contributed by atoms with Crippen LogP contribution in [-0.2, 0) is 14.3 Å². The van der Waals surface area contributed by atoms with Gasteiger partial charge >= 0.3 is 0 Å². The molecule has 2 bridgehead atoms. The molecule has 0 aliphatic carbocycles. The van der Waals surface area contributed by atoms with E-state index < -0.39 is 0 Å². The Bertz CT molecular complexity index is 2260. The van der Waals surface area contributed by atoms with Gasteiger partial charge in [0.05, 0.1) is 40.0 Å². The van der Waals surface area contributed by atoms with Crippen LogP contribution in [0.4, 0.5) is 11.5 Å². The first-order chi connectivity index (χ1) is 28.5. The summed E-state index contributed by atoms with van der Waals surface area (Å²) in [6.45, 7) is 5.17. The third-order valence-corrected chi connectivity index (χ3v) is 14.0. The van der Waals surface area contributed by atoms with E-state index in [2.05, 4.69) is 54.3 Å². The van der Waals surface area contributed by atoms with Crippen LogP contribution < -0.4 is 20.9 Å². The highest BCUT2D eigenvalue weighted by atomic mass is 32.2. The number of hydrazine groups is 1. The summed E-state index contributed by atoms with van der Waals surface area (Å²) in [5.41, 5.74) is 8.08. The van der Waals surface area contributed by atoms with E-state index in [4.69, 9.17) is 19.8 Å². The highest BCUT2D eigenvalue weighted by Crippen LogP contribution is 2.51. The van der Waals surface area contributed by atoms with Crippen molar-refractivity contribution in [3.63, 3.8) is 0 Å². The quantitative estimate of drug-likeness (QED) is 0.198. The zero-order chi connectivity index (χ0) is 39.2. The molecular formula is C42H48N12O3S. The molecule has 58 heavy (non-hydrogen) atoms. The molecule has 10 heterocycles. The summed E-state index contributed by atoms with van der Waals surface area (Å²) in [6, 6.07) is 13.0. The number of pyridine rings is 2. The summed E-state index contributed by atoms with van der Waals surface area (Å²) >= 11 is 1.72. The second-order valence-corrected chi connectivity index (χ2v) is 17.5. The lowest BCUT2D eigenvalue weighted by Crippen LogP contribution is -2.65. The Morgan fingerprint density at radius 3 is 2.72 bits per heavy atom. The minimum atomic E-state index is -0.326. The van der Waals surface area contributed by atoms with Crippen LogP contribution in [-0.4, -0.2) is 104 Å². The maximum absolute atomic E-state index is 12.4. The monoisotopic (exact) mass is 800 g/mol. The van der Waals surface area contributed by atoms with Crippen LogP contribution in [0.5, 0.6) is 0 Å². The van der Waals surface area contributed by atoms with Crippen molar-refractivity contribution in [2.75, 3.05) is 49.6 Å². The molecule has 3 N–H and O–H groups in total. The van der Waals surface area contributed by atoms with Crippen LogP contribution in [0.1, 0.15) is 85.8 Å². The number of fused-ring (bicyclic) bond motifs is 3. The first-order valence-corrected chi connectivity index (χ1v) is 21.6. The number of nitrogens with zero attached hydrogens (tertiary/aromatic N) is 9. The Hall–Kier alpha value is -5.08. The summed E-state index contributed by atoms with van der Waals surface area (Å²) in [4.78, 5) is 36.3. The predicted octanol–water partition coefficient (Wildman–Crippen LogP) is 4.79. The second-order valence-electron chi connectivity index (χ2n) is 16.6. The van der Waals surface area contributed by atoms with E-state index in [0.717, 1.165) is 124 Å². The van der Waals surface area contributed by atoms with Crippen LogP contribution in [0.25, 0.3) is 16.8 Å². The van der Waals surface area contributed by atoms with Gasteiger partial charge in [0.25, 0.3) is 0 Å². The summed E-state index contributed by atoms with van der Waals surface area (Å²) < 4.78 is 7.54. The van der Waals surface area contributed by atoms with E-state index in [-0.39, 0.29) is 34.7 Å². The lowest BCUT2D eigenvalue weighted by molar-refractivity contribution is -0.137. The largest absolute Gasteiger partial charge is 0.382 e. The first-order valence-electron chi connectivity index (χ1n) is 20.7. The number of thioether (sulfide) groups is 1. The van der Waals surface area contributed by atoms with Crippen LogP contribution in [0.15, 0.2) is 60.2 Å². The summed E-state index contributed by atoms with van der Waals surface area (Å²) in [6.07, 6.45) is 15.4. The maximum Gasteiger partial charge on any atom is 0.234 e. The molecule has 2 amide bonds. The van der Waals surface area contributed by atoms with Gasteiger partial charge in [-0.25, -0.2) is 14.6 Å². The number of piperazine rings is 1. The Morgan fingerprint density at radius 1 is 1.03 bits per heavy atom. The number of amides is 2. The molecule has 6 aliphatic heterocycles. The average Bonchev–Trinajstić information content (AvgIpc) is 3.95. The van der Waals surface area contributed by atoms with Crippen molar-refractivity contribution in [3.05, 3.63) is 71.8 Å². The number of nitriles is 1. The zero-order valence-corrected chi connectivity index (χ0v) is 33.2. The number of aromatic nitrogens is 4. The highest BCUT2D eigenvalue weighted by molar-refractivity contribution is 8.12. The molecule has 4 aromatic rings. The number of imide groups is 1. The minimum absolute atomic E-state index is 0.0801. The van der Waals surface area contributed by atoms with Crippen LogP contribution in [0.2, 0.25) is 0 Å². The normalized spacial score (nSPS) is 27.0. The molecule has 0 radical (unpaired) electrons. The first kappa shape index (κ1) is 37.2. The van der Waals surface area contributed by atoms with Crippen molar-refractivity contribution in [2.24, 2.45) is 11.0 Å². The Kier molecular flexibility index (Phi) is 10.0. The molecule has 0 aromatic carbocycles. The number of ether oxygens (including phenoxy) is 1. The van der Waals surface area contributed by atoms with Gasteiger partial charge in [-0.2, -0.15) is 20.5 Å². The summed E-state index contributed by atoms with van der Waals surface area (Å²) in [5.74, 6) is 0.729. The molecule has 0 spiro atoms. The number of carbonyl (C=O) groups excluding carboxylic acids is 2. The number of nitrogens with one attached hydrogen (secondary N) is 3. The van der Waals surface area contributed by atoms with E-state index in [1.807, 2.05) is 46.9 Å². The number of hydrogen-bond acceptors (Lipinski definition) is 14. The Morgan fingerprint density at radius 2 is 1.91 bits per heavy atom. The molecule has 4 atom stereocenters. The van der Waals surface area contributed by atoms with Crippen molar-refractivity contribution in [2.45, 2.75) is 86.7 Å². The van der Waals surface area contributed by atoms with Gasteiger partial charge in [-0.1, -0.05) is 17.8 Å². The number of hydrazone groups is 1. The van der Waals surface area contributed by atoms with Gasteiger partial charge in [0.1, 0.15) is 17.3 Å². The van der Waals surface area contributed by atoms with Crippen molar-refractivity contribution in [1.29, 1.82) is 5.26 Å². The number of rotatable bonds is 9. The topological polar surface area (TPSA) is 168 Å². The fourth-order valence-corrected chi connectivity index (χ4v) is 11.1. The lowest BCUT2D eigenvalue weighted by atomic mass is 9.81. The maximum atomic E-state index is 12.4. The van der Waals surface area contributed by atoms with Crippen molar-refractivity contribution in [3.8, 4) is 17.3 Å². The molecule has 10 rings (SSSR count). The average molecular weight is 801 g/mol. The van der Waals surface area contributed by atoms with E-state index >= 15 is 0 Å². The van der Waals surface area contributed by atoms with Crippen LogP contribution in [0, 0.1) is 17.2 Å². The van der Waals surface area contributed by atoms with Crippen molar-refractivity contribution < 1.29 is 14.3 Å². The molecule has 6 aliphatic rings. The Balaban J connectivity index is 0.909. The summed E-state index contributed by atoms with van der Waals surface area (Å²) in [5, 5.41) is 34.4. The fraction of sp³-hybridized carbons (Fsp3) is 0.500. The molecule has 0 saturated carbocycles. The molecule has 15 nitrogen and oxygen atoms in total. The van der Waals surface area contributed by atoms with Gasteiger partial charge < -0.3 is 20.3 Å². The smallest absolute Gasteiger partial charge is 0.234 e. The SMILES string of the molecule is N#Cc1cnn2ccc(-c3nccc(NC4CCOCC4)c3C3SC=NN3N3C4CCC3(CC3CCN(c5ccc([C@@H]6CCC(=O)NC6=O)cn5)CC3)CNC4)c2c1. The number of piperidine rings is 2. The third kappa shape index (κ3) is 6.87. The number of carbonyl (C=O) groups is 2. The minimum Gasteiger partial charge on any atom is -0.382 e. The fourth-order valence-electron chi connectivity index (χ4n) is 10.2. The molecule has 300 valence electrons.